The van der Waals surface area contributed by atoms with Crippen LogP contribution in [0.15, 0.2) is 24.3 Å². The van der Waals surface area contributed by atoms with Gasteiger partial charge < -0.3 is 4.90 Å². The van der Waals surface area contributed by atoms with E-state index < -0.39 is 21.6 Å². The van der Waals surface area contributed by atoms with Crippen LogP contribution < -0.4 is 0 Å². The maximum Gasteiger partial charge on any atom is 0.276 e. The third-order valence-electron chi connectivity index (χ3n) is 4.25. The maximum atomic E-state index is 13.9. The fourth-order valence-electron chi connectivity index (χ4n) is 2.79. The van der Waals surface area contributed by atoms with Gasteiger partial charge in [0, 0.05) is 13.1 Å². The Hall–Kier alpha value is -2.29. The lowest BCUT2D eigenvalue weighted by Gasteiger charge is -2.22. The summed E-state index contributed by atoms with van der Waals surface area (Å²) in [7, 11) is -1.54. The average Bonchev–Trinajstić information content (AvgIpc) is 3.09. The second-order valence-corrected chi connectivity index (χ2v) is 8.09. The Morgan fingerprint density at radius 2 is 2.08 bits per heavy atom. The fraction of sp³-hybridized carbons (Fsp3) is 0.400. The lowest BCUT2D eigenvalue weighted by atomic mass is 10.2. The molecule has 1 amide bonds. The van der Waals surface area contributed by atoms with Crippen molar-refractivity contribution in [1.82, 2.24) is 19.9 Å². The van der Waals surface area contributed by atoms with E-state index in [1.807, 2.05) is 0 Å². The van der Waals surface area contributed by atoms with E-state index in [9.17, 15) is 17.6 Å². The number of hydrogen-bond donors (Lipinski definition) is 0. The Labute approximate surface area is 139 Å². The summed E-state index contributed by atoms with van der Waals surface area (Å²) < 4.78 is 38.3. The summed E-state index contributed by atoms with van der Waals surface area (Å²) in [6.07, 6.45) is 0.408. The predicted octanol–water partition coefficient (Wildman–Crippen LogP) is 0.974. The molecular weight excluding hydrogens is 335 g/mol. The topological polar surface area (TPSA) is 85.2 Å². The number of rotatable bonds is 3. The minimum Gasteiger partial charge on any atom is -0.336 e. The zero-order chi connectivity index (χ0) is 17.5. The Kier molecular flexibility index (Phi) is 4.12. The first-order valence-electron chi connectivity index (χ1n) is 7.45. The van der Waals surface area contributed by atoms with Gasteiger partial charge in [-0.1, -0.05) is 17.3 Å². The van der Waals surface area contributed by atoms with Crippen LogP contribution in [0.3, 0.4) is 0 Å². The quantitative estimate of drug-likeness (QED) is 0.822. The van der Waals surface area contributed by atoms with Crippen LogP contribution in [0, 0.1) is 12.7 Å². The largest absolute Gasteiger partial charge is 0.336 e. The third-order valence-corrected chi connectivity index (χ3v) is 6.00. The molecule has 1 fully saturated rings. The summed E-state index contributed by atoms with van der Waals surface area (Å²) in [5.74, 6) is -0.858. The zero-order valence-electron chi connectivity index (χ0n) is 13.3. The number of sulfone groups is 1. The molecule has 0 aliphatic carbocycles. The third kappa shape index (κ3) is 2.91. The number of amides is 1. The molecule has 3 rings (SSSR count). The molecule has 24 heavy (non-hydrogen) atoms. The predicted molar refractivity (Wildman–Crippen MR) is 85.2 cm³/mol. The minimum atomic E-state index is -3.09. The lowest BCUT2D eigenvalue weighted by molar-refractivity contribution is 0.0741. The molecule has 0 saturated carbocycles. The number of halogens is 1. The Balaban J connectivity index is 1.88. The van der Waals surface area contributed by atoms with Crippen molar-refractivity contribution < 1.29 is 17.6 Å². The van der Waals surface area contributed by atoms with Gasteiger partial charge in [-0.15, -0.1) is 5.10 Å². The van der Waals surface area contributed by atoms with Crippen LogP contribution in [0.5, 0.6) is 0 Å². The average molecular weight is 352 g/mol. The second-order valence-electron chi connectivity index (χ2n) is 5.86. The first kappa shape index (κ1) is 16.6. The number of hydrogen-bond acceptors (Lipinski definition) is 5. The summed E-state index contributed by atoms with van der Waals surface area (Å²) in [4.78, 5) is 14.0. The molecule has 1 aromatic carbocycles. The van der Waals surface area contributed by atoms with Crippen molar-refractivity contribution in [3.05, 3.63) is 41.5 Å². The normalized spacial score (nSPS) is 19.4. The maximum absolute atomic E-state index is 13.9. The second kappa shape index (κ2) is 5.97. The number of aromatic nitrogens is 3. The van der Waals surface area contributed by atoms with E-state index in [0.29, 0.717) is 12.1 Å². The number of nitrogens with zero attached hydrogens (tertiary/aromatic N) is 4. The highest BCUT2D eigenvalue weighted by Crippen LogP contribution is 2.20. The smallest absolute Gasteiger partial charge is 0.276 e. The van der Waals surface area contributed by atoms with E-state index in [2.05, 4.69) is 10.3 Å². The lowest BCUT2D eigenvalue weighted by Crippen LogP contribution is -2.38. The van der Waals surface area contributed by atoms with Crippen molar-refractivity contribution in [1.29, 1.82) is 0 Å². The molecule has 0 spiro atoms. The van der Waals surface area contributed by atoms with E-state index in [0.717, 1.165) is 0 Å². The van der Waals surface area contributed by atoms with Crippen molar-refractivity contribution in [3.63, 3.8) is 0 Å². The van der Waals surface area contributed by atoms with Gasteiger partial charge in [-0.3, -0.25) is 4.79 Å². The Morgan fingerprint density at radius 1 is 1.38 bits per heavy atom. The SMILES string of the molecule is Cc1c(C(=O)N(C)[C@H]2CCS(=O)(=O)C2)nnn1-c1ccccc1F. The number of carbonyl (C=O) groups excluding carboxylic acids is 1. The molecule has 1 aromatic heterocycles. The van der Waals surface area contributed by atoms with Crippen LogP contribution in [0.25, 0.3) is 5.69 Å². The molecular formula is C15H17FN4O3S. The highest BCUT2D eigenvalue weighted by Gasteiger charge is 2.34. The van der Waals surface area contributed by atoms with E-state index in [4.69, 9.17) is 0 Å². The van der Waals surface area contributed by atoms with Crippen LogP contribution in [-0.4, -0.2) is 58.8 Å². The number of para-hydroxylation sites is 1. The molecule has 1 aliphatic rings. The van der Waals surface area contributed by atoms with Crippen LogP contribution in [0.4, 0.5) is 4.39 Å². The number of carbonyl (C=O) groups is 1. The summed E-state index contributed by atoms with van der Waals surface area (Å²) in [5, 5.41) is 7.73. The van der Waals surface area contributed by atoms with Crippen molar-refractivity contribution in [2.45, 2.75) is 19.4 Å². The van der Waals surface area contributed by atoms with Crippen molar-refractivity contribution in [3.8, 4) is 5.69 Å². The van der Waals surface area contributed by atoms with Gasteiger partial charge in [0.05, 0.1) is 17.2 Å². The monoisotopic (exact) mass is 352 g/mol. The molecule has 0 N–H and O–H groups in total. The van der Waals surface area contributed by atoms with Crippen molar-refractivity contribution >= 4 is 15.7 Å². The zero-order valence-corrected chi connectivity index (χ0v) is 14.1. The molecule has 0 unspecified atom stereocenters. The minimum absolute atomic E-state index is 0.0459. The molecule has 0 radical (unpaired) electrons. The number of benzene rings is 1. The van der Waals surface area contributed by atoms with E-state index in [1.165, 1.54) is 15.6 Å². The molecule has 2 aromatic rings. The van der Waals surface area contributed by atoms with Gasteiger partial charge in [-0.2, -0.15) is 0 Å². The van der Waals surface area contributed by atoms with Gasteiger partial charge >= 0.3 is 0 Å². The highest BCUT2D eigenvalue weighted by atomic mass is 32.2. The molecule has 0 bridgehead atoms. The molecule has 9 heteroatoms. The van der Waals surface area contributed by atoms with Crippen LogP contribution in [-0.2, 0) is 9.84 Å². The van der Waals surface area contributed by atoms with Gasteiger partial charge in [0.2, 0.25) is 0 Å². The van der Waals surface area contributed by atoms with Gasteiger partial charge in [0.25, 0.3) is 5.91 Å². The van der Waals surface area contributed by atoms with E-state index >= 15 is 0 Å². The summed E-state index contributed by atoms with van der Waals surface area (Å²) in [5.41, 5.74) is 0.690. The molecule has 7 nitrogen and oxygen atoms in total. The molecule has 1 aliphatic heterocycles. The van der Waals surface area contributed by atoms with E-state index in [-0.39, 0.29) is 28.9 Å². The standard InChI is InChI=1S/C15H17FN4O3S/c1-10-14(15(21)19(2)11-7-8-24(22,23)9-11)17-18-20(10)13-6-4-3-5-12(13)16/h3-6,11H,7-9H2,1-2H3/t11-/m0/s1. The van der Waals surface area contributed by atoms with Gasteiger partial charge in [-0.25, -0.2) is 17.5 Å². The molecule has 2 heterocycles. The van der Waals surface area contributed by atoms with E-state index in [1.54, 1.807) is 32.2 Å². The van der Waals surface area contributed by atoms with Gasteiger partial charge in [0.1, 0.15) is 11.5 Å². The molecule has 1 saturated heterocycles. The van der Waals surface area contributed by atoms with Crippen LogP contribution >= 0.6 is 0 Å². The molecule has 128 valence electrons. The van der Waals surface area contributed by atoms with Crippen molar-refractivity contribution in [2.75, 3.05) is 18.6 Å². The highest BCUT2D eigenvalue weighted by molar-refractivity contribution is 7.91. The molecule has 1 atom stereocenters. The Morgan fingerprint density at radius 3 is 2.71 bits per heavy atom. The van der Waals surface area contributed by atoms with Crippen LogP contribution in [0.2, 0.25) is 0 Å². The summed E-state index contributed by atoms with van der Waals surface area (Å²) >= 11 is 0. The van der Waals surface area contributed by atoms with Gasteiger partial charge in [-0.05, 0) is 25.5 Å². The van der Waals surface area contributed by atoms with Crippen molar-refractivity contribution in [2.24, 2.45) is 0 Å². The Bertz CT molecular complexity index is 894. The first-order valence-corrected chi connectivity index (χ1v) is 9.27. The van der Waals surface area contributed by atoms with Crippen LogP contribution in [0.1, 0.15) is 22.6 Å². The summed E-state index contributed by atoms with van der Waals surface area (Å²) in [6, 6.07) is 5.69. The first-order chi connectivity index (χ1) is 11.3. The summed E-state index contributed by atoms with van der Waals surface area (Å²) in [6.45, 7) is 1.62. The van der Waals surface area contributed by atoms with Gasteiger partial charge in [0.15, 0.2) is 15.5 Å². The fourth-order valence-corrected chi connectivity index (χ4v) is 4.57.